The normalized spacial score (nSPS) is 13.7. The molecule has 0 bridgehead atoms. The number of carbonyl (C=O) groups is 1. The zero-order chi connectivity index (χ0) is 15.2. The fraction of sp³-hybridized carbons (Fsp3) is 0.529. The molecule has 1 aromatic rings. The minimum atomic E-state index is -0.175. The van der Waals surface area contributed by atoms with E-state index in [9.17, 15) is 4.79 Å². The number of rotatable bonds is 5. The molecule has 1 N–H and O–H groups in total. The highest BCUT2D eigenvalue weighted by molar-refractivity contribution is 5.92. The number of hydrogen-bond acceptors (Lipinski definition) is 3. The van der Waals surface area contributed by atoms with Crippen LogP contribution in [0.25, 0.3) is 0 Å². The van der Waals surface area contributed by atoms with E-state index in [4.69, 9.17) is 5.11 Å². The highest BCUT2D eigenvalue weighted by Crippen LogP contribution is 2.28. The van der Waals surface area contributed by atoms with Gasteiger partial charge < -0.3 is 10.0 Å². The smallest absolute Gasteiger partial charge is 0.272 e. The third kappa shape index (κ3) is 4.57. The highest BCUT2D eigenvalue weighted by atomic mass is 16.2. The Hall–Kier alpha value is -1.86. The lowest BCUT2D eigenvalue weighted by Gasteiger charge is -2.23. The first-order valence-electron chi connectivity index (χ1n) is 7.48. The van der Waals surface area contributed by atoms with Gasteiger partial charge in [0.15, 0.2) is 0 Å². The summed E-state index contributed by atoms with van der Waals surface area (Å²) in [6.45, 7) is 4.96. The molecule has 21 heavy (non-hydrogen) atoms. The van der Waals surface area contributed by atoms with Crippen LogP contribution in [0.4, 0.5) is 0 Å². The second-order valence-electron chi connectivity index (χ2n) is 5.80. The number of aliphatic hydroxyl groups is 1. The topological polar surface area (TPSA) is 53.4 Å². The molecule has 1 aromatic heterocycles. The van der Waals surface area contributed by atoms with Gasteiger partial charge in [-0.05, 0) is 37.3 Å². The number of amides is 1. The Labute approximate surface area is 126 Å². The molecule has 0 radical (unpaired) electrons. The Bertz CT molecular complexity index is 536. The quantitative estimate of drug-likeness (QED) is 0.843. The molecule has 0 atom stereocenters. The average molecular weight is 286 g/mol. The van der Waals surface area contributed by atoms with Crippen molar-refractivity contribution in [1.82, 2.24) is 9.88 Å². The SMILES string of the molecule is CC(C)CCN(C(=O)c1ccc(C#CCO)cn1)C1CC1. The van der Waals surface area contributed by atoms with E-state index in [-0.39, 0.29) is 12.5 Å². The van der Waals surface area contributed by atoms with Gasteiger partial charge in [-0.2, -0.15) is 0 Å². The van der Waals surface area contributed by atoms with Gasteiger partial charge in [0.05, 0.1) is 0 Å². The van der Waals surface area contributed by atoms with Crippen molar-refractivity contribution in [2.75, 3.05) is 13.2 Å². The van der Waals surface area contributed by atoms with Crippen molar-refractivity contribution in [2.45, 2.75) is 39.2 Å². The van der Waals surface area contributed by atoms with Crippen molar-refractivity contribution in [2.24, 2.45) is 5.92 Å². The Morgan fingerprint density at radius 1 is 1.48 bits per heavy atom. The first-order valence-corrected chi connectivity index (χ1v) is 7.48. The van der Waals surface area contributed by atoms with Gasteiger partial charge in [0.1, 0.15) is 12.3 Å². The molecule has 1 aliphatic rings. The predicted octanol–water partition coefficient (Wildman–Crippen LogP) is 2.08. The first kappa shape index (κ1) is 15.5. The van der Waals surface area contributed by atoms with Gasteiger partial charge in [-0.25, -0.2) is 4.98 Å². The van der Waals surface area contributed by atoms with E-state index in [2.05, 4.69) is 30.7 Å². The van der Waals surface area contributed by atoms with E-state index in [1.807, 2.05) is 4.90 Å². The fourth-order valence-electron chi connectivity index (χ4n) is 2.12. The van der Waals surface area contributed by atoms with Crippen molar-refractivity contribution < 1.29 is 9.90 Å². The number of carbonyl (C=O) groups excluding carboxylic acids is 1. The molecule has 1 amide bonds. The standard InChI is InChI=1S/C17H22N2O2/c1-13(2)9-10-19(15-6-7-15)17(21)16-8-5-14(12-18-16)4-3-11-20/h5,8,12-13,15,20H,6-7,9-11H2,1-2H3. The Kier molecular flexibility index (Phi) is 5.35. The van der Waals surface area contributed by atoms with Crippen molar-refractivity contribution >= 4 is 5.91 Å². The van der Waals surface area contributed by atoms with E-state index in [0.717, 1.165) is 25.8 Å². The Morgan fingerprint density at radius 3 is 2.76 bits per heavy atom. The molecule has 4 heteroatoms. The van der Waals surface area contributed by atoms with Crippen LogP contribution < -0.4 is 0 Å². The summed E-state index contributed by atoms with van der Waals surface area (Å²) in [6.07, 6.45) is 4.81. The van der Waals surface area contributed by atoms with Gasteiger partial charge in [-0.3, -0.25) is 4.79 Å². The Morgan fingerprint density at radius 2 is 2.24 bits per heavy atom. The molecule has 1 aliphatic carbocycles. The molecule has 0 aliphatic heterocycles. The van der Waals surface area contributed by atoms with E-state index in [1.54, 1.807) is 18.3 Å². The monoisotopic (exact) mass is 286 g/mol. The number of aromatic nitrogens is 1. The van der Waals surface area contributed by atoms with Gasteiger partial charge in [0.25, 0.3) is 5.91 Å². The van der Waals surface area contributed by atoms with Gasteiger partial charge in [-0.15, -0.1) is 0 Å². The summed E-state index contributed by atoms with van der Waals surface area (Å²) in [7, 11) is 0. The Balaban J connectivity index is 2.05. The second-order valence-corrected chi connectivity index (χ2v) is 5.80. The van der Waals surface area contributed by atoms with Crippen LogP contribution in [0.3, 0.4) is 0 Å². The molecular weight excluding hydrogens is 264 g/mol. The number of hydrogen-bond donors (Lipinski definition) is 1. The van der Waals surface area contributed by atoms with E-state index in [1.165, 1.54) is 0 Å². The van der Waals surface area contributed by atoms with E-state index in [0.29, 0.717) is 23.2 Å². The zero-order valence-corrected chi connectivity index (χ0v) is 12.7. The first-order chi connectivity index (χ1) is 10.1. The number of nitrogens with zero attached hydrogens (tertiary/aromatic N) is 2. The molecule has 1 fully saturated rings. The van der Waals surface area contributed by atoms with Crippen LogP contribution in [0.2, 0.25) is 0 Å². The third-order valence-electron chi connectivity index (χ3n) is 3.49. The van der Waals surface area contributed by atoms with E-state index < -0.39 is 0 Å². The van der Waals surface area contributed by atoms with Gasteiger partial charge in [-0.1, -0.05) is 25.7 Å². The minimum Gasteiger partial charge on any atom is -0.384 e. The van der Waals surface area contributed by atoms with Crippen molar-refractivity contribution in [1.29, 1.82) is 0 Å². The summed E-state index contributed by atoms with van der Waals surface area (Å²) in [5, 5.41) is 8.66. The predicted molar refractivity (Wildman–Crippen MR) is 81.7 cm³/mol. The lowest BCUT2D eigenvalue weighted by Crippen LogP contribution is -2.35. The molecule has 112 valence electrons. The highest BCUT2D eigenvalue weighted by Gasteiger charge is 2.33. The van der Waals surface area contributed by atoms with Gasteiger partial charge >= 0.3 is 0 Å². The summed E-state index contributed by atoms with van der Waals surface area (Å²) in [5.74, 6) is 5.94. The lowest BCUT2D eigenvalue weighted by molar-refractivity contribution is 0.0729. The van der Waals surface area contributed by atoms with Crippen molar-refractivity contribution in [3.8, 4) is 11.8 Å². The molecular formula is C17H22N2O2. The summed E-state index contributed by atoms with van der Waals surface area (Å²) in [5.41, 5.74) is 1.18. The zero-order valence-electron chi connectivity index (χ0n) is 12.7. The van der Waals surface area contributed by atoms with Crippen LogP contribution >= 0.6 is 0 Å². The van der Waals surface area contributed by atoms with Gasteiger partial charge in [0.2, 0.25) is 0 Å². The summed E-state index contributed by atoms with van der Waals surface area (Å²) in [4.78, 5) is 18.7. The van der Waals surface area contributed by atoms with Crippen LogP contribution in [0, 0.1) is 17.8 Å². The summed E-state index contributed by atoms with van der Waals surface area (Å²) in [6, 6.07) is 3.89. The van der Waals surface area contributed by atoms with Crippen LogP contribution in [-0.4, -0.2) is 40.1 Å². The maximum Gasteiger partial charge on any atom is 0.272 e. The molecule has 1 saturated carbocycles. The maximum absolute atomic E-state index is 12.6. The summed E-state index contributed by atoms with van der Waals surface area (Å²) >= 11 is 0. The van der Waals surface area contributed by atoms with Gasteiger partial charge in [0, 0.05) is 24.3 Å². The third-order valence-corrected chi connectivity index (χ3v) is 3.49. The molecule has 0 saturated heterocycles. The largest absolute Gasteiger partial charge is 0.384 e. The number of aliphatic hydroxyl groups excluding tert-OH is 1. The van der Waals surface area contributed by atoms with Crippen LogP contribution in [0.5, 0.6) is 0 Å². The maximum atomic E-state index is 12.6. The van der Waals surface area contributed by atoms with Crippen molar-refractivity contribution in [3.63, 3.8) is 0 Å². The second kappa shape index (κ2) is 7.24. The molecule has 1 heterocycles. The summed E-state index contributed by atoms with van der Waals surface area (Å²) < 4.78 is 0. The molecule has 4 nitrogen and oxygen atoms in total. The van der Waals surface area contributed by atoms with E-state index >= 15 is 0 Å². The van der Waals surface area contributed by atoms with Crippen LogP contribution in [0.15, 0.2) is 18.3 Å². The molecule has 0 spiro atoms. The minimum absolute atomic E-state index is 0.0137. The average Bonchev–Trinajstić information content (AvgIpc) is 3.30. The van der Waals surface area contributed by atoms with Crippen LogP contribution in [-0.2, 0) is 0 Å². The fourth-order valence-corrected chi connectivity index (χ4v) is 2.12. The number of pyridine rings is 1. The molecule has 0 aromatic carbocycles. The van der Waals surface area contributed by atoms with Crippen molar-refractivity contribution in [3.05, 3.63) is 29.6 Å². The molecule has 0 unspecified atom stereocenters. The van der Waals surface area contributed by atoms with Crippen LogP contribution in [0.1, 0.15) is 49.2 Å². The molecule has 2 rings (SSSR count). The lowest BCUT2D eigenvalue weighted by atomic mass is 10.1.